The van der Waals surface area contributed by atoms with Gasteiger partial charge in [0.15, 0.2) is 0 Å². The molecule has 5 rings (SSSR count). The van der Waals surface area contributed by atoms with Crippen molar-refractivity contribution < 1.29 is 0 Å². The van der Waals surface area contributed by atoms with Gasteiger partial charge in [-0.15, -0.1) is 11.3 Å². The Hall–Kier alpha value is -3.66. The van der Waals surface area contributed by atoms with Gasteiger partial charge < -0.3 is 15.2 Å². The lowest BCUT2D eigenvalue weighted by Gasteiger charge is -2.10. The van der Waals surface area contributed by atoms with Crippen molar-refractivity contribution in [3.05, 3.63) is 78.1 Å². The average molecular weight is 424 g/mol. The van der Waals surface area contributed by atoms with E-state index in [1.165, 1.54) is 11.1 Å². The van der Waals surface area contributed by atoms with Crippen LogP contribution in [0, 0.1) is 11.3 Å². The van der Waals surface area contributed by atoms with E-state index in [1.807, 2.05) is 24.4 Å². The van der Waals surface area contributed by atoms with E-state index >= 15 is 0 Å². The summed E-state index contributed by atoms with van der Waals surface area (Å²) in [5.74, 6) is 0. The fraction of sp³-hybridized carbons (Fsp3) is 0.120. The molecule has 0 aliphatic rings. The quantitative estimate of drug-likeness (QED) is 0.357. The van der Waals surface area contributed by atoms with Gasteiger partial charge in [0.1, 0.15) is 10.9 Å². The van der Waals surface area contributed by atoms with Gasteiger partial charge >= 0.3 is 0 Å². The predicted molar refractivity (Wildman–Crippen MR) is 129 cm³/mol. The Labute approximate surface area is 184 Å². The van der Waals surface area contributed by atoms with Crippen molar-refractivity contribution in [1.29, 1.82) is 5.26 Å². The summed E-state index contributed by atoms with van der Waals surface area (Å²) in [5, 5.41) is 15.3. The number of rotatable bonds is 5. The standard InChI is InChI=1S/C25H21N5S/c1-30(2)15-16-4-3-5-18(10-16)23-12-21-24(19(13-26)14-28-25(21)31-23)29-20-6-7-22-17(11-20)8-9-27-22/h3-12,14,27H,15H2,1-2H3,(H,28,29). The van der Waals surface area contributed by atoms with E-state index in [-0.39, 0.29) is 0 Å². The first-order chi connectivity index (χ1) is 15.1. The maximum absolute atomic E-state index is 9.70. The predicted octanol–water partition coefficient (Wildman–Crippen LogP) is 6.12. The van der Waals surface area contributed by atoms with E-state index in [4.69, 9.17) is 0 Å². The van der Waals surface area contributed by atoms with E-state index in [1.54, 1.807) is 17.5 Å². The Kier molecular flexibility index (Phi) is 4.91. The number of aromatic nitrogens is 2. The van der Waals surface area contributed by atoms with Crippen LogP contribution in [0.5, 0.6) is 0 Å². The lowest BCUT2D eigenvalue weighted by Crippen LogP contribution is -2.10. The number of pyridine rings is 1. The van der Waals surface area contributed by atoms with Gasteiger partial charge in [-0.25, -0.2) is 4.98 Å². The topological polar surface area (TPSA) is 67.7 Å². The first kappa shape index (κ1) is 19.3. The molecule has 0 radical (unpaired) electrons. The minimum Gasteiger partial charge on any atom is -0.361 e. The van der Waals surface area contributed by atoms with E-state index < -0.39 is 0 Å². The highest BCUT2D eigenvalue weighted by molar-refractivity contribution is 7.21. The van der Waals surface area contributed by atoms with Crippen LogP contribution in [0.15, 0.2) is 67.0 Å². The van der Waals surface area contributed by atoms with Crippen LogP contribution in [0.3, 0.4) is 0 Å². The van der Waals surface area contributed by atoms with Crippen LogP contribution in [0.1, 0.15) is 11.1 Å². The minimum atomic E-state index is 0.535. The summed E-state index contributed by atoms with van der Waals surface area (Å²) in [6, 6.07) is 21.2. The largest absolute Gasteiger partial charge is 0.361 e. The van der Waals surface area contributed by atoms with Crippen molar-refractivity contribution in [2.75, 3.05) is 19.4 Å². The number of nitrogens with zero attached hydrogens (tertiary/aromatic N) is 3. The van der Waals surface area contributed by atoms with Gasteiger partial charge in [0.2, 0.25) is 0 Å². The van der Waals surface area contributed by atoms with Crippen molar-refractivity contribution in [2.45, 2.75) is 6.54 Å². The second kappa shape index (κ2) is 7.88. The van der Waals surface area contributed by atoms with Crippen molar-refractivity contribution >= 4 is 43.8 Å². The molecule has 0 aliphatic heterocycles. The molecule has 0 bridgehead atoms. The molecule has 2 aromatic carbocycles. The Balaban J connectivity index is 1.58. The third-order valence-electron chi connectivity index (χ3n) is 5.22. The van der Waals surface area contributed by atoms with Gasteiger partial charge in [-0.3, -0.25) is 0 Å². The molecule has 31 heavy (non-hydrogen) atoms. The molecule has 0 unspecified atom stereocenters. The molecule has 0 saturated heterocycles. The summed E-state index contributed by atoms with van der Waals surface area (Å²) in [7, 11) is 4.14. The van der Waals surface area contributed by atoms with Gasteiger partial charge in [0, 0.05) is 45.8 Å². The number of thiophene rings is 1. The number of benzene rings is 2. The SMILES string of the molecule is CN(C)Cc1cccc(-c2cc3c(Nc4ccc5[nH]ccc5c4)c(C#N)cnc3s2)c1. The third kappa shape index (κ3) is 3.77. The highest BCUT2D eigenvalue weighted by Gasteiger charge is 2.14. The first-order valence-corrected chi connectivity index (χ1v) is 10.8. The van der Waals surface area contributed by atoms with E-state index in [0.717, 1.165) is 43.9 Å². The molecule has 6 heteroatoms. The number of H-pyrrole nitrogens is 1. The number of nitriles is 1. The number of anilines is 2. The maximum Gasteiger partial charge on any atom is 0.126 e. The lowest BCUT2D eigenvalue weighted by molar-refractivity contribution is 0.402. The summed E-state index contributed by atoms with van der Waals surface area (Å²) in [5.41, 5.74) is 5.80. The molecule has 0 spiro atoms. The second-order valence-electron chi connectivity index (χ2n) is 7.83. The van der Waals surface area contributed by atoms with Crippen LogP contribution in [0.4, 0.5) is 11.4 Å². The van der Waals surface area contributed by atoms with E-state index in [9.17, 15) is 5.26 Å². The van der Waals surface area contributed by atoms with E-state index in [2.05, 4.69) is 76.7 Å². The molecule has 3 heterocycles. The number of hydrogen-bond donors (Lipinski definition) is 2. The zero-order chi connectivity index (χ0) is 21.4. The molecule has 0 atom stereocenters. The monoisotopic (exact) mass is 423 g/mol. The van der Waals surface area contributed by atoms with Crippen LogP contribution >= 0.6 is 11.3 Å². The number of nitrogens with one attached hydrogen (secondary N) is 2. The van der Waals surface area contributed by atoms with Gasteiger partial charge in [0.25, 0.3) is 0 Å². The molecule has 0 fully saturated rings. The Morgan fingerprint density at radius 3 is 2.87 bits per heavy atom. The molecule has 3 aromatic heterocycles. The van der Waals surface area contributed by atoms with Crippen molar-refractivity contribution in [2.24, 2.45) is 0 Å². The van der Waals surface area contributed by atoms with Crippen LogP contribution in [0.2, 0.25) is 0 Å². The van der Waals surface area contributed by atoms with Crippen LogP contribution in [-0.4, -0.2) is 29.0 Å². The Bertz CT molecular complexity index is 1440. The summed E-state index contributed by atoms with van der Waals surface area (Å²) in [6.45, 7) is 0.893. The fourth-order valence-corrected chi connectivity index (χ4v) is 4.82. The second-order valence-corrected chi connectivity index (χ2v) is 8.86. The number of hydrogen-bond acceptors (Lipinski definition) is 5. The number of aromatic amines is 1. The normalized spacial score (nSPS) is 11.3. The van der Waals surface area contributed by atoms with Gasteiger partial charge in [0.05, 0.1) is 11.3 Å². The van der Waals surface area contributed by atoms with Crippen LogP contribution in [-0.2, 0) is 6.54 Å². The molecule has 5 aromatic rings. The molecular formula is C25H21N5S. The highest BCUT2D eigenvalue weighted by atomic mass is 32.1. The summed E-state index contributed by atoms with van der Waals surface area (Å²) < 4.78 is 0. The number of fused-ring (bicyclic) bond motifs is 2. The van der Waals surface area contributed by atoms with Crippen molar-refractivity contribution in [3.63, 3.8) is 0 Å². The molecule has 0 saturated carbocycles. The summed E-state index contributed by atoms with van der Waals surface area (Å²) in [6.07, 6.45) is 3.58. The smallest absolute Gasteiger partial charge is 0.126 e. The molecule has 5 nitrogen and oxygen atoms in total. The zero-order valence-corrected chi connectivity index (χ0v) is 18.1. The van der Waals surface area contributed by atoms with E-state index in [0.29, 0.717) is 5.56 Å². The van der Waals surface area contributed by atoms with Gasteiger partial charge in [-0.05, 0) is 61.6 Å². The molecule has 0 amide bonds. The fourth-order valence-electron chi connectivity index (χ4n) is 3.81. The lowest BCUT2D eigenvalue weighted by atomic mass is 10.1. The summed E-state index contributed by atoms with van der Waals surface area (Å²) >= 11 is 1.65. The molecular weight excluding hydrogens is 402 g/mol. The zero-order valence-electron chi connectivity index (χ0n) is 17.3. The van der Waals surface area contributed by atoms with Crippen molar-refractivity contribution in [3.8, 4) is 16.5 Å². The highest BCUT2D eigenvalue weighted by Crippen LogP contribution is 2.38. The molecule has 152 valence electrons. The van der Waals surface area contributed by atoms with Crippen LogP contribution in [0.25, 0.3) is 31.6 Å². The molecule has 0 aliphatic carbocycles. The molecule has 2 N–H and O–H groups in total. The van der Waals surface area contributed by atoms with Gasteiger partial charge in [-0.2, -0.15) is 5.26 Å². The summed E-state index contributed by atoms with van der Waals surface area (Å²) in [4.78, 5) is 12.0. The first-order valence-electron chi connectivity index (χ1n) is 10.0. The van der Waals surface area contributed by atoms with Crippen LogP contribution < -0.4 is 5.32 Å². The third-order valence-corrected chi connectivity index (χ3v) is 6.31. The maximum atomic E-state index is 9.70. The average Bonchev–Trinajstić information content (AvgIpc) is 3.40. The Morgan fingerprint density at radius 1 is 1.13 bits per heavy atom. The Morgan fingerprint density at radius 2 is 2.03 bits per heavy atom. The minimum absolute atomic E-state index is 0.535. The van der Waals surface area contributed by atoms with Gasteiger partial charge in [-0.1, -0.05) is 18.2 Å². The van der Waals surface area contributed by atoms with Crippen molar-refractivity contribution in [1.82, 2.24) is 14.9 Å².